The second-order valence-electron chi connectivity index (χ2n) is 9.12. The maximum Gasteiger partial charge on any atom is 0.409 e. The lowest BCUT2D eigenvalue weighted by atomic mass is 9.88. The number of nitrogens with zero attached hydrogens (tertiary/aromatic N) is 2. The summed E-state index contributed by atoms with van der Waals surface area (Å²) in [5.41, 5.74) is 3.32. The zero-order valence-electron chi connectivity index (χ0n) is 20.2. The van der Waals surface area contributed by atoms with Gasteiger partial charge in [-0.3, -0.25) is 14.4 Å². The summed E-state index contributed by atoms with van der Waals surface area (Å²) in [6.07, 6.45) is 4.45. The minimum absolute atomic E-state index is 0.171. The van der Waals surface area contributed by atoms with E-state index in [1.807, 2.05) is 29.7 Å². The van der Waals surface area contributed by atoms with Gasteiger partial charge in [0.05, 0.1) is 6.61 Å². The van der Waals surface area contributed by atoms with E-state index in [2.05, 4.69) is 26.0 Å². The van der Waals surface area contributed by atoms with Gasteiger partial charge in [-0.25, -0.2) is 4.79 Å². The molecule has 0 saturated carbocycles. The number of ether oxygens (including phenoxy) is 1. The highest BCUT2D eigenvalue weighted by Gasteiger charge is 2.32. The fraction of sp³-hybridized carbons (Fsp3) is 0.600. The predicted molar refractivity (Wildman–Crippen MR) is 126 cm³/mol. The molecule has 1 saturated heterocycles. The Labute approximate surface area is 196 Å². The van der Waals surface area contributed by atoms with Crippen LogP contribution < -0.4 is 5.32 Å². The van der Waals surface area contributed by atoms with Crippen molar-refractivity contribution < 1.29 is 23.9 Å². The molecule has 0 radical (unpaired) electrons. The summed E-state index contributed by atoms with van der Waals surface area (Å²) >= 11 is 0. The van der Waals surface area contributed by atoms with Gasteiger partial charge in [0.2, 0.25) is 12.8 Å². The topological polar surface area (TPSA) is 96.0 Å². The number of amides is 4. The van der Waals surface area contributed by atoms with E-state index < -0.39 is 0 Å². The zero-order valence-corrected chi connectivity index (χ0v) is 20.2. The van der Waals surface area contributed by atoms with Crippen LogP contribution in [0.4, 0.5) is 4.79 Å². The van der Waals surface area contributed by atoms with Crippen LogP contribution in [0.3, 0.4) is 0 Å². The second kappa shape index (κ2) is 13.0. The van der Waals surface area contributed by atoms with Crippen molar-refractivity contribution in [1.29, 1.82) is 0 Å². The van der Waals surface area contributed by atoms with E-state index in [1.165, 1.54) is 5.56 Å². The Hall–Kier alpha value is -2.90. The van der Waals surface area contributed by atoms with Crippen LogP contribution in [0.5, 0.6) is 0 Å². The third-order valence-corrected chi connectivity index (χ3v) is 6.10. The fourth-order valence-corrected chi connectivity index (χ4v) is 4.30. The quantitative estimate of drug-likeness (QED) is 0.598. The summed E-state index contributed by atoms with van der Waals surface area (Å²) in [5.74, 6) is 0.970. The smallest absolute Gasteiger partial charge is 0.409 e. The highest BCUT2D eigenvalue weighted by molar-refractivity contribution is 5.98. The molecule has 2 heterocycles. The van der Waals surface area contributed by atoms with Crippen LogP contribution in [0.15, 0.2) is 18.2 Å². The molecule has 1 fully saturated rings. The number of benzene rings is 1. The number of carbonyl (C=O) groups is 4. The summed E-state index contributed by atoms with van der Waals surface area (Å²) < 4.78 is 5.35. The van der Waals surface area contributed by atoms with E-state index in [9.17, 15) is 9.59 Å². The molecule has 33 heavy (non-hydrogen) atoms. The van der Waals surface area contributed by atoms with Gasteiger partial charge in [0, 0.05) is 31.2 Å². The molecular weight excluding hydrogens is 422 g/mol. The normalized spacial score (nSPS) is 16.6. The average Bonchev–Trinajstić information content (AvgIpc) is 3.14. The standard InChI is InChI=1S/C23H34N2O3.C2H3NO2/c1-5-6-17(4)25-14-20-13-19(7-8-21(20)22(25)26)18-9-11-24(12-10-18)23(27)28-15-16(2)3;4-1-3-2-5/h7-8,13,16-18H,5-6,9-12,14-15H2,1-4H3;1-2H,(H,3,4,5). The van der Waals surface area contributed by atoms with Crippen LogP contribution in [0, 0.1) is 5.92 Å². The molecule has 1 aromatic carbocycles. The van der Waals surface area contributed by atoms with Crippen molar-refractivity contribution in [2.45, 2.75) is 71.9 Å². The monoisotopic (exact) mass is 459 g/mol. The van der Waals surface area contributed by atoms with Crippen LogP contribution >= 0.6 is 0 Å². The Kier molecular flexibility index (Phi) is 10.4. The molecule has 1 unspecified atom stereocenters. The van der Waals surface area contributed by atoms with Crippen LogP contribution in [0.2, 0.25) is 0 Å². The number of nitrogens with one attached hydrogen (secondary N) is 1. The Morgan fingerprint density at radius 3 is 2.39 bits per heavy atom. The van der Waals surface area contributed by atoms with Crippen molar-refractivity contribution >= 4 is 24.8 Å². The molecule has 2 aliphatic rings. The van der Waals surface area contributed by atoms with Gasteiger partial charge in [-0.2, -0.15) is 0 Å². The maximum atomic E-state index is 12.7. The SMILES string of the molecule is CCCC(C)N1Cc2cc(C3CCN(C(=O)OCC(C)C)CC3)ccc2C1=O.O=CNC=O. The lowest BCUT2D eigenvalue weighted by molar-refractivity contribution is -0.117. The number of carbonyl (C=O) groups excluding carboxylic acids is 4. The first-order valence-corrected chi connectivity index (χ1v) is 11.8. The van der Waals surface area contributed by atoms with E-state index in [0.29, 0.717) is 31.3 Å². The van der Waals surface area contributed by atoms with E-state index in [4.69, 9.17) is 14.3 Å². The van der Waals surface area contributed by atoms with E-state index in [-0.39, 0.29) is 18.0 Å². The summed E-state index contributed by atoms with van der Waals surface area (Å²) in [4.78, 5) is 46.8. The molecule has 0 aromatic heterocycles. The lowest BCUT2D eigenvalue weighted by Gasteiger charge is -2.31. The Morgan fingerprint density at radius 1 is 1.18 bits per heavy atom. The largest absolute Gasteiger partial charge is 0.449 e. The predicted octanol–water partition coefficient (Wildman–Crippen LogP) is 3.69. The molecule has 0 bridgehead atoms. The van der Waals surface area contributed by atoms with Gasteiger partial charge in [0.25, 0.3) is 5.91 Å². The van der Waals surface area contributed by atoms with Crippen LogP contribution in [0.1, 0.15) is 80.8 Å². The van der Waals surface area contributed by atoms with Crippen LogP contribution in [0.25, 0.3) is 0 Å². The molecule has 2 aliphatic heterocycles. The highest BCUT2D eigenvalue weighted by atomic mass is 16.6. The molecule has 1 aromatic rings. The second-order valence-corrected chi connectivity index (χ2v) is 9.12. The minimum atomic E-state index is -0.188. The molecule has 8 heteroatoms. The number of fused-ring (bicyclic) bond motifs is 1. The molecule has 1 atom stereocenters. The third-order valence-electron chi connectivity index (χ3n) is 6.10. The molecular formula is C25H37N3O5. The van der Waals surface area contributed by atoms with Gasteiger partial charge in [-0.1, -0.05) is 39.3 Å². The first-order chi connectivity index (χ1) is 15.8. The molecule has 8 nitrogen and oxygen atoms in total. The molecule has 182 valence electrons. The van der Waals surface area contributed by atoms with Gasteiger partial charge in [-0.05, 0) is 55.2 Å². The van der Waals surface area contributed by atoms with Crippen LogP contribution in [-0.2, 0) is 20.9 Å². The van der Waals surface area contributed by atoms with Crippen molar-refractivity contribution in [3.05, 3.63) is 34.9 Å². The van der Waals surface area contributed by atoms with E-state index in [0.717, 1.165) is 56.4 Å². The van der Waals surface area contributed by atoms with Gasteiger partial charge in [-0.15, -0.1) is 0 Å². The molecule has 3 rings (SSSR count). The number of hydrogen-bond donors (Lipinski definition) is 1. The van der Waals surface area contributed by atoms with Crippen molar-refractivity contribution in [2.24, 2.45) is 5.92 Å². The van der Waals surface area contributed by atoms with E-state index >= 15 is 0 Å². The van der Waals surface area contributed by atoms with Gasteiger partial charge < -0.3 is 19.9 Å². The average molecular weight is 460 g/mol. The number of rotatable bonds is 8. The molecule has 4 amide bonds. The van der Waals surface area contributed by atoms with Gasteiger partial charge in [0.1, 0.15) is 0 Å². The molecule has 0 spiro atoms. The summed E-state index contributed by atoms with van der Waals surface area (Å²) in [6.45, 7) is 11.1. The Bertz CT molecular complexity index is 812. The van der Waals surface area contributed by atoms with Crippen molar-refractivity contribution in [3.8, 4) is 0 Å². The summed E-state index contributed by atoms with van der Waals surface area (Å²) in [6, 6.07) is 6.63. The molecule has 1 N–H and O–H groups in total. The Morgan fingerprint density at radius 2 is 1.85 bits per heavy atom. The lowest BCUT2D eigenvalue weighted by Crippen LogP contribution is -2.38. The van der Waals surface area contributed by atoms with Crippen molar-refractivity contribution in [3.63, 3.8) is 0 Å². The maximum absolute atomic E-state index is 12.7. The van der Waals surface area contributed by atoms with Crippen molar-refractivity contribution in [1.82, 2.24) is 15.1 Å². The first kappa shape index (κ1) is 26.4. The Balaban J connectivity index is 0.000000696. The zero-order chi connectivity index (χ0) is 24.4. The van der Waals surface area contributed by atoms with Crippen LogP contribution in [-0.4, -0.2) is 60.4 Å². The summed E-state index contributed by atoms with van der Waals surface area (Å²) in [7, 11) is 0. The molecule has 0 aliphatic carbocycles. The minimum Gasteiger partial charge on any atom is -0.449 e. The van der Waals surface area contributed by atoms with E-state index in [1.54, 1.807) is 5.32 Å². The van der Waals surface area contributed by atoms with Crippen molar-refractivity contribution in [2.75, 3.05) is 19.7 Å². The highest BCUT2D eigenvalue weighted by Crippen LogP contribution is 2.33. The number of piperidine rings is 1. The fourth-order valence-electron chi connectivity index (χ4n) is 4.30. The third kappa shape index (κ3) is 7.30. The van der Waals surface area contributed by atoms with Gasteiger partial charge >= 0.3 is 6.09 Å². The first-order valence-electron chi connectivity index (χ1n) is 11.8. The van der Waals surface area contributed by atoms with Gasteiger partial charge in [0.15, 0.2) is 0 Å². The number of likely N-dealkylation sites (tertiary alicyclic amines) is 1. The number of imide groups is 1. The number of hydrogen-bond acceptors (Lipinski definition) is 5. The summed E-state index contributed by atoms with van der Waals surface area (Å²) in [5, 5.41) is 1.75.